The highest BCUT2D eigenvalue weighted by atomic mass is 16.3. The van der Waals surface area contributed by atoms with Crippen molar-refractivity contribution < 1.29 is 5.11 Å². The number of benzene rings is 1. The fraction of sp³-hybridized carbons (Fsp3) is 0.250. The average molecular weight is 228 g/mol. The molecule has 1 heteroatoms. The van der Waals surface area contributed by atoms with Crippen molar-refractivity contribution in [2.75, 3.05) is 0 Å². The Morgan fingerprint density at radius 3 is 2.00 bits per heavy atom. The maximum atomic E-state index is 10.1. The summed E-state index contributed by atoms with van der Waals surface area (Å²) in [5.74, 6) is 0.383. The van der Waals surface area contributed by atoms with Crippen molar-refractivity contribution >= 4 is 0 Å². The fourth-order valence-electron chi connectivity index (χ4n) is 1.83. The van der Waals surface area contributed by atoms with Crippen LogP contribution in [0.2, 0.25) is 0 Å². The SMILES string of the molecule is C=CCc1cc(C/C=C/C)cc(CC=C)c1O. The maximum Gasteiger partial charge on any atom is 0.122 e. The molecular weight excluding hydrogens is 208 g/mol. The first kappa shape index (κ1) is 13.3. The molecule has 0 saturated heterocycles. The number of hydrogen-bond acceptors (Lipinski definition) is 1. The van der Waals surface area contributed by atoms with Crippen molar-refractivity contribution in [3.05, 3.63) is 66.3 Å². The quantitative estimate of drug-likeness (QED) is 0.730. The summed E-state index contributed by atoms with van der Waals surface area (Å²) < 4.78 is 0. The van der Waals surface area contributed by atoms with Crippen LogP contribution in [0.15, 0.2) is 49.6 Å². The van der Waals surface area contributed by atoms with E-state index in [2.05, 4.69) is 19.2 Å². The van der Waals surface area contributed by atoms with Crippen LogP contribution in [0.25, 0.3) is 0 Å². The number of hydrogen-bond donors (Lipinski definition) is 1. The zero-order chi connectivity index (χ0) is 12.7. The van der Waals surface area contributed by atoms with Gasteiger partial charge in [0.05, 0.1) is 0 Å². The van der Waals surface area contributed by atoms with Crippen molar-refractivity contribution in [3.63, 3.8) is 0 Å². The molecule has 1 nitrogen and oxygen atoms in total. The van der Waals surface area contributed by atoms with Crippen molar-refractivity contribution in [2.45, 2.75) is 26.2 Å². The predicted molar refractivity (Wildman–Crippen MR) is 74.4 cm³/mol. The van der Waals surface area contributed by atoms with Crippen LogP contribution in [0, 0.1) is 0 Å². The van der Waals surface area contributed by atoms with Crippen LogP contribution in [-0.4, -0.2) is 5.11 Å². The molecular formula is C16H20O. The summed E-state index contributed by atoms with van der Waals surface area (Å²) >= 11 is 0. The van der Waals surface area contributed by atoms with E-state index in [0.29, 0.717) is 18.6 Å². The maximum absolute atomic E-state index is 10.1. The lowest BCUT2D eigenvalue weighted by Crippen LogP contribution is -1.93. The van der Waals surface area contributed by atoms with E-state index < -0.39 is 0 Å². The molecule has 0 aromatic heterocycles. The molecule has 1 aromatic rings. The summed E-state index contributed by atoms with van der Waals surface area (Å²) in [4.78, 5) is 0. The number of phenolic OH excluding ortho intramolecular Hbond substituents is 1. The molecule has 0 unspecified atom stereocenters. The molecule has 0 fully saturated rings. The average Bonchev–Trinajstić information content (AvgIpc) is 2.32. The Morgan fingerprint density at radius 1 is 1.06 bits per heavy atom. The van der Waals surface area contributed by atoms with Crippen LogP contribution in [0.1, 0.15) is 23.6 Å². The van der Waals surface area contributed by atoms with Gasteiger partial charge in [0, 0.05) is 0 Å². The van der Waals surface area contributed by atoms with Gasteiger partial charge < -0.3 is 5.11 Å². The van der Waals surface area contributed by atoms with Crippen LogP contribution < -0.4 is 0 Å². The van der Waals surface area contributed by atoms with E-state index in [1.165, 1.54) is 5.56 Å². The Kier molecular flexibility index (Phi) is 5.28. The molecule has 0 amide bonds. The van der Waals surface area contributed by atoms with Gasteiger partial charge in [-0.05, 0) is 42.9 Å². The van der Waals surface area contributed by atoms with E-state index in [1.807, 2.05) is 37.3 Å². The van der Waals surface area contributed by atoms with Crippen LogP contribution in [-0.2, 0) is 19.3 Å². The minimum Gasteiger partial charge on any atom is -0.507 e. The third-order valence-electron chi connectivity index (χ3n) is 2.65. The second-order valence-corrected chi connectivity index (χ2v) is 4.02. The third-order valence-corrected chi connectivity index (χ3v) is 2.65. The Morgan fingerprint density at radius 2 is 1.59 bits per heavy atom. The van der Waals surface area contributed by atoms with Gasteiger partial charge >= 0.3 is 0 Å². The summed E-state index contributed by atoms with van der Waals surface area (Å²) in [6.45, 7) is 9.45. The van der Waals surface area contributed by atoms with Gasteiger partial charge in [0.15, 0.2) is 0 Å². The molecule has 17 heavy (non-hydrogen) atoms. The lowest BCUT2D eigenvalue weighted by molar-refractivity contribution is 0.464. The highest BCUT2D eigenvalue weighted by Gasteiger charge is 2.07. The molecule has 0 atom stereocenters. The standard InChI is InChI=1S/C16H20O/c1-4-7-10-13-11-14(8-5-2)16(17)15(12-13)9-6-3/h4-7,11-12,17H,2-3,8-10H2,1H3/b7-4+. The fourth-order valence-corrected chi connectivity index (χ4v) is 1.83. The molecule has 0 aliphatic heterocycles. The van der Waals surface area contributed by atoms with Crippen LogP contribution in [0.4, 0.5) is 0 Å². The summed E-state index contributed by atoms with van der Waals surface area (Å²) in [5, 5.41) is 10.1. The Bertz CT molecular complexity index is 396. The van der Waals surface area contributed by atoms with Crippen molar-refractivity contribution in [1.29, 1.82) is 0 Å². The molecule has 0 aliphatic carbocycles. The first-order valence-corrected chi connectivity index (χ1v) is 5.89. The molecule has 0 heterocycles. The molecule has 1 N–H and O–H groups in total. The largest absolute Gasteiger partial charge is 0.507 e. The van der Waals surface area contributed by atoms with E-state index in [4.69, 9.17) is 0 Å². The minimum atomic E-state index is 0.383. The van der Waals surface area contributed by atoms with Gasteiger partial charge in [0.2, 0.25) is 0 Å². The number of rotatable bonds is 6. The normalized spacial score (nSPS) is 10.6. The molecule has 1 rings (SSSR count). The van der Waals surface area contributed by atoms with Gasteiger partial charge in [-0.25, -0.2) is 0 Å². The van der Waals surface area contributed by atoms with Gasteiger partial charge in [-0.15, -0.1) is 13.2 Å². The molecule has 0 bridgehead atoms. The zero-order valence-corrected chi connectivity index (χ0v) is 10.4. The molecule has 0 radical (unpaired) electrons. The van der Waals surface area contributed by atoms with Crippen LogP contribution in [0.5, 0.6) is 5.75 Å². The molecule has 0 aliphatic rings. The Hall–Kier alpha value is -1.76. The predicted octanol–water partition coefficient (Wildman–Crippen LogP) is 3.97. The van der Waals surface area contributed by atoms with E-state index in [0.717, 1.165) is 17.5 Å². The van der Waals surface area contributed by atoms with Gasteiger partial charge in [0.1, 0.15) is 5.75 Å². The van der Waals surface area contributed by atoms with E-state index in [1.54, 1.807) is 0 Å². The summed E-state index contributed by atoms with van der Waals surface area (Å²) in [6.07, 6.45) is 10.1. The summed E-state index contributed by atoms with van der Waals surface area (Å²) in [7, 11) is 0. The molecule has 1 aromatic carbocycles. The van der Waals surface area contributed by atoms with E-state index in [-0.39, 0.29) is 0 Å². The van der Waals surface area contributed by atoms with Gasteiger partial charge in [0.25, 0.3) is 0 Å². The first-order valence-electron chi connectivity index (χ1n) is 5.89. The Balaban J connectivity index is 3.14. The van der Waals surface area contributed by atoms with Crippen LogP contribution >= 0.6 is 0 Å². The third kappa shape index (κ3) is 3.63. The second-order valence-electron chi connectivity index (χ2n) is 4.02. The highest BCUT2D eigenvalue weighted by molar-refractivity contribution is 5.46. The van der Waals surface area contributed by atoms with Gasteiger partial charge in [-0.3, -0.25) is 0 Å². The molecule has 90 valence electrons. The van der Waals surface area contributed by atoms with Crippen molar-refractivity contribution in [2.24, 2.45) is 0 Å². The number of phenols is 1. The first-order chi connectivity index (χ1) is 8.22. The summed E-state index contributed by atoms with van der Waals surface area (Å²) in [5.41, 5.74) is 3.10. The van der Waals surface area contributed by atoms with Crippen molar-refractivity contribution in [3.8, 4) is 5.75 Å². The van der Waals surface area contributed by atoms with Crippen molar-refractivity contribution in [1.82, 2.24) is 0 Å². The lowest BCUT2D eigenvalue weighted by Gasteiger charge is -2.10. The topological polar surface area (TPSA) is 20.2 Å². The second kappa shape index (κ2) is 6.74. The minimum absolute atomic E-state index is 0.383. The van der Waals surface area contributed by atoms with Gasteiger partial charge in [-0.1, -0.05) is 36.4 Å². The highest BCUT2D eigenvalue weighted by Crippen LogP contribution is 2.26. The van der Waals surface area contributed by atoms with Gasteiger partial charge in [-0.2, -0.15) is 0 Å². The van der Waals surface area contributed by atoms with E-state index >= 15 is 0 Å². The summed E-state index contributed by atoms with van der Waals surface area (Å²) in [6, 6.07) is 4.09. The number of allylic oxidation sites excluding steroid dienone is 4. The van der Waals surface area contributed by atoms with E-state index in [9.17, 15) is 5.11 Å². The Labute approximate surface area is 104 Å². The number of aromatic hydroxyl groups is 1. The molecule has 0 saturated carbocycles. The molecule has 0 spiro atoms. The monoisotopic (exact) mass is 228 g/mol. The lowest BCUT2D eigenvalue weighted by atomic mass is 9.98. The van der Waals surface area contributed by atoms with Crippen LogP contribution in [0.3, 0.4) is 0 Å². The zero-order valence-electron chi connectivity index (χ0n) is 10.4. The smallest absolute Gasteiger partial charge is 0.122 e.